The molecule has 19 heavy (non-hydrogen) atoms. The van der Waals surface area contributed by atoms with E-state index in [1.807, 2.05) is 25.2 Å². The number of hydrogen-bond donors (Lipinski definition) is 1. The van der Waals surface area contributed by atoms with Crippen molar-refractivity contribution in [3.63, 3.8) is 0 Å². The van der Waals surface area contributed by atoms with Gasteiger partial charge in [0.05, 0.1) is 39.5 Å². The van der Waals surface area contributed by atoms with E-state index in [9.17, 15) is 5.11 Å². The number of ether oxygens (including phenoxy) is 3. The van der Waals surface area contributed by atoms with E-state index < -0.39 is 0 Å². The van der Waals surface area contributed by atoms with Gasteiger partial charge in [0.25, 0.3) is 0 Å². The van der Waals surface area contributed by atoms with Crippen molar-refractivity contribution in [3.05, 3.63) is 18.2 Å². The average Bonchev–Trinajstić information content (AvgIpc) is 2.41. The second-order valence-corrected chi connectivity index (χ2v) is 5.05. The molecule has 1 aliphatic heterocycles. The summed E-state index contributed by atoms with van der Waals surface area (Å²) in [6, 6.07) is 5.79. The highest BCUT2D eigenvalue weighted by atomic mass is 16.5. The molecule has 5 nitrogen and oxygen atoms in total. The van der Waals surface area contributed by atoms with Gasteiger partial charge in [-0.3, -0.25) is 0 Å². The van der Waals surface area contributed by atoms with E-state index in [4.69, 9.17) is 14.2 Å². The molecule has 0 spiro atoms. The lowest BCUT2D eigenvalue weighted by molar-refractivity contribution is -0.130. The molecule has 0 atom stereocenters. The maximum atomic E-state index is 9.46. The Morgan fingerprint density at radius 2 is 1.95 bits per heavy atom. The number of methoxy groups -OCH3 is 2. The quantitative estimate of drug-likeness (QED) is 0.838. The molecule has 0 amide bonds. The third-order valence-electron chi connectivity index (χ3n) is 3.53. The zero-order chi connectivity index (χ0) is 13.9. The maximum Gasteiger partial charge on any atom is 0.162 e. The molecule has 1 fully saturated rings. The number of aliphatic hydroxyl groups is 1. The minimum absolute atomic E-state index is 0.137. The van der Waals surface area contributed by atoms with Crippen molar-refractivity contribution in [2.24, 2.45) is 5.41 Å². The molecule has 0 aliphatic carbocycles. The molecule has 1 saturated heterocycles. The Labute approximate surface area is 113 Å². The largest absolute Gasteiger partial charge is 0.493 e. The fraction of sp³-hybridized carbons (Fsp3) is 0.571. The van der Waals surface area contributed by atoms with Crippen molar-refractivity contribution in [2.45, 2.75) is 0 Å². The molecule has 0 unspecified atom stereocenters. The van der Waals surface area contributed by atoms with Gasteiger partial charge in [-0.15, -0.1) is 0 Å². The molecule has 0 radical (unpaired) electrons. The molecule has 1 heterocycles. The zero-order valence-corrected chi connectivity index (χ0v) is 11.7. The summed E-state index contributed by atoms with van der Waals surface area (Å²) in [4.78, 5) is 2.10. The number of rotatable bonds is 6. The maximum absolute atomic E-state index is 9.46. The van der Waals surface area contributed by atoms with Gasteiger partial charge in [-0.25, -0.2) is 0 Å². The molecular weight excluding hydrogens is 246 g/mol. The highest BCUT2D eigenvalue weighted by molar-refractivity contribution is 5.56. The van der Waals surface area contributed by atoms with Gasteiger partial charge in [0.2, 0.25) is 0 Å². The molecule has 0 aromatic heterocycles. The van der Waals surface area contributed by atoms with Crippen molar-refractivity contribution < 1.29 is 19.3 Å². The van der Waals surface area contributed by atoms with E-state index in [1.165, 1.54) is 0 Å². The molecule has 5 heteroatoms. The van der Waals surface area contributed by atoms with Crippen LogP contribution < -0.4 is 14.4 Å². The smallest absolute Gasteiger partial charge is 0.162 e. The van der Waals surface area contributed by atoms with Crippen LogP contribution in [0.25, 0.3) is 0 Å². The van der Waals surface area contributed by atoms with Gasteiger partial charge >= 0.3 is 0 Å². The zero-order valence-electron chi connectivity index (χ0n) is 11.7. The monoisotopic (exact) mass is 267 g/mol. The Morgan fingerprint density at radius 1 is 1.26 bits per heavy atom. The summed E-state index contributed by atoms with van der Waals surface area (Å²) >= 11 is 0. The highest BCUT2D eigenvalue weighted by Gasteiger charge is 2.39. The van der Waals surface area contributed by atoms with Crippen LogP contribution in [0.5, 0.6) is 11.5 Å². The van der Waals surface area contributed by atoms with Gasteiger partial charge in [0.1, 0.15) is 0 Å². The van der Waals surface area contributed by atoms with Gasteiger partial charge in [0, 0.05) is 25.3 Å². The van der Waals surface area contributed by atoms with Crippen molar-refractivity contribution in [1.82, 2.24) is 0 Å². The van der Waals surface area contributed by atoms with Crippen LogP contribution in [0.1, 0.15) is 0 Å². The third kappa shape index (κ3) is 2.77. The van der Waals surface area contributed by atoms with E-state index in [-0.39, 0.29) is 12.0 Å². The van der Waals surface area contributed by atoms with E-state index in [2.05, 4.69) is 4.90 Å². The Kier molecular flexibility index (Phi) is 4.17. The molecule has 1 aromatic rings. The van der Waals surface area contributed by atoms with Gasteiger partial charge in [-0.05, 0) is 12.1 Å². The first-order valence-corrected chi connectivity index (χ1v) is 6.26. The lowest BCUT2D eigenvalue weighted by Gasteiger charge is -2.42. The molecule has 1 aliphatic rings. The van der Waals surface area contributed by atoms with Gasteiger partial charge < -0.3 is 24.2 Å². The van der Waals surface area contributed by atoms with Crippen molar-refractivity contribution in [3.8, 4) is 11.5 Å². The van der Waals surface area contributed by atoms with Gasteiger partial charge in [-0.1, -0.05) is 0 Å². The fourth-order valence-corrected chi connectivity index (χ4v) is 2.28. The normalized spacial score (nSPS) is 16.6. The first-order chi connectivity index (χ1) is 9.14. The van der Waals surface area contributed by atoms with Crippen LogP contribution in [-0.4, -0.2) is 52.7 Å². The molecule has 2 rings (SSSR count). The highest BCUT2D eigenvalue weighted by Crippen LogP contribution is 2.34. The fourth-order valence-electron chi connectivity index (χ4n) is 2.28. The Balaban J connectivity index is 2.12. The summed E-state index contributed by atoms with van der Waals surface area (Å²) in [6.07, 6.45) is 0. The molecule has 106 valence electrons. The van der Waals surface area contributed by atoms with Crippen molar-refractivity contribution in [2.75, 3.05) is 52.5 Å². The summed E-state index contributed by atoms with van der Waals surface area (Å²) in [5.74, 6) is 1.42. The predicted molar refractivity (Wildman–Crippen MR) is 73.2 cm³/mol. The van der Waals surface area contributed by atoms with E-state index in [0.29, 0.717) is 24.7 Å². The van der Waals surface area contributed by atoms with Crippen LogP contribution in [0.4, 0.5) is 5.69 Å². The topological polar surface area (TPSA) is 51.2 Å². The van der Waals surface area contributed by atoms with Crippen LogP contribution in [0.3, 0.4) is 0 Å². The van der Waals surface area contributed by atoms with Crippen molar-refractivity contribution >= 4 is 5.69 Å². The van der Waals surface area contributed by atoms with E-state index in [1.54, 1.807) is 14.2 Å². The van der Waals surface area contributed by atoms with Gasteiger partial charge in [-0.2, -0.15) is 0 Å². The standard InChI is InChI=1S/C14H21NO4/c1-15(7-14(8-16)9-19-10-14)11-4-5-12(17-2)13(6-11)18-3/h4-6,16H,7-10H2,1-3H3. The number of nitrogens with zero attached hydrogens (tertiary/aromatic N) is 1. The van der Waals surface area contributed by atoms with Crippen molar-refractivity contribution in [1.29, 1.82) is 0 Å². The molecule has 1 aromatic carbocycles. The Bertz CT molecular complexity index is 426. The third-order valence-corrected chi connectivity index (χ3v) is 3.53. The average molecular weight is 267 g/mol. The molecule has 0 bridgehead atoms. The summed E-state index contributed by atoms with van der Waals surface area (Å²) in [5.41, 5.74) is 0.888. The number of anilines is 1. The molecule has 0 saturated carbocycles. The number of aliphatic hydroxyl groups excluding tert-OH is 1. The molecule has 1 N–H and O–H groups in total. The van der Waals surface area contributed by atoms with Crippen LogP contribution in [0.2, 0.25) is 0 Å². The van der Waals surface area contributed by atoms with Crippen LogP contribution >= 0.6 is 0 Å². The minimum atomic E-state index is -0.137. The van der Waals surface area contributed by atoms with Crippen LogP contribution in [-0.2, 0) is 4.74 Å². The Hall–Kier alpha value is -1.46. The number of hydrogen-bond acceptors (Lipinski definition) is 5. The lowest BCUT2D eigenvalue weighted by Crippen LogP contribution is -2.52. The first kappa shape index (κ1) is 14.0. The Morgan fingerprint density at radius 3 is 2.42 bits per heavy atom. The second-order valence-electron chi connectivity index (χ2n) is 5.05. The van der Waals surface area contributed by atoms with E-state index in [0.717, 1.165) is 12.2 Å². The lowest BCUT2D eigenvalue weighted by atomic mass is 9.86. The summed E-state index contributed by atoms with van der Waals surface area (Å²) < 4.78 is 15.7. The summed E-state index contributed by atoms with van der Waals surface area (Å²) in [7, 11) is 5.24. The van der Waals surface area contributed by atoms with E-state index >= 15 is 0 Å². The summed E-state index contributed by atoms with van der Waals surface area (Å²) in [6.45, 7) is 2.12. The van der Waals surface area contributed by atoms with Crippen LogP contribution in [0.15, 0.2) is 18.2 Å². The second kappa shape index (κ2) is 5.67. The SMILES string of the molecule is COc1ccc(N(C)CC2(CO)COC2)cc1OC. The van der Waals surface area contributed by atoms with Crippen LogP contribution in [0, 0.1) is 5.41 Å². The first-order valence-electron chi connectivity index (χ1n) is 6.26. The minimum Gasteiger partial charge on any atom is -0.493 e. The predicted octanol–water partition coefficient (Wildman–Crippen LogP) is 1.15. The molecular formula is C14H21NO4. The summed E-state index contributed by atoms with van der Waals surface area (Å²) in [5, 5.41) is 9.46. The van der Waals surface area contributed by atoms with Gasteiger partial charge in [0.15, 0.2) is 11.5 Å². The number of benzene rings is 1.